The first-order valence-electron chi connectivity index (χ1n) is 8.55. The van der Waals surface area contributed by atoms with Crippen LogP contribution in [-0.4, -0.2) is 42.2 Å². The van der Waals surface area contributed by atoms with Gasteiger partial charge >= 0.3 is 0 Å². The molecule has 1 amide bonds. The minimum atomic E-state index is -0.527. The third-order valence-corrected chi connectivity index (χ3v) is 4.23. The van der Waals surface area contributed by atoms with Crippen LogP contribution in [-0.2, 0) is 16.1 Å². The molecule has 0 radical (unpaired) electrons. The van der Waals surface area contributed by atoms with Crippen LogP contribution in [0.4, 0.5) is 5.82 Å². The predicted octanol–water partition coefficient (Wildman–Crippen LogP) is 2.53. The number of ether oxygens (including phenoxy) is 1. The van der Waals surface area contributed by atoms with Gasteiger partial charge in [-0.1, -0.05) is 26.8 Å². The van der Waals surface area contributed by atoms with Crippen LogP contribution in [0.1, 0.15) is 40.2 Å². The highest BCUT2D eigenvalue weighted by Gasteiger charge is 2.27. The molecule has 0 aliphatic carbocycles. The third kappa shape index (κ3) is 6.91. The van der Waals surface area contributed by atoms with Gasteiger partial charge in [0, 0.05) is 25.8 Å². The van der Waals surface area contributed by atoms with Crippen molar-refractivity contribution >= 4 is 36.5 Å². The fraction of sp³-hybridized carbons (Fsp3) is 0.667. The number of amides is 1. The number of hydrogen-bond acceptors (Lipinski definition) is 5. The molecule has 2 rings (SSSR count). The Bertz CT molecular complexity index is 553. The number of carbonyl (C=O) groups is 1. The number of nitrogens with two attached hydrogens (primary N) is 1. The number of nitrogens with one attached hydrogen (secondary N) is 1. The first-order chi connectivity index (χ1) is 11.2. The number of hydrogen-bond donors (Lipinski definition) is 2. The van der Waals surface area contributed by atoms with Gasteiger partial charge in [-0.15, -0.1) is 24.8 Å². The van der Waals surface area contributed by atoms with Gasteiger partial charge in [-0.25, -0.2) is 4.98 Å². The van der Waals surface area contributed by atoms with Crippen molar-refractivity contribution in [2.75, 3.05) is 18.0 Å². The largest absolute Gasteiger partial charge is 0.372 e. The fourth-order valence-electron chi connectivity index (χ4n) is 2.77. The van der Waals surface area contributed by atoms with Crippen LogP contribution in [0, 0.1) is 5.41 Å². The number of aromatic nitrogens is 1. The van der Waals surface area contributed by atoms with Crippen molar-refractivity contribution in [1.29, 1.82) is 0 Å². The standard InChI is InChI=1S/C18H30N4O2.2ClH/c1-12-10-22(11-13(2)24-12)15-7-6-14(8-20-15)9-21-17(23)16(19)18(3,4)5;;/h6-8,12-13,16H,9-11,19H2,1-5H3,(H,21,23);2*1H/t12?,13?,16-;;/m1../s1. The second kappa shape index (κ2) is 10.3. The number of carbonyl (C=O) groups excluding carboxylic acids is 1. The van der Waals surface area contributed by atoms with Gasteiger partial charge in [-0.05, 0) is 30.9 Å². The molecule has 150 valence electrons. The lowest BCUT2D eigenvalue weighted by Crippen LogP contribution is -2.48. The maximum atomic E-state index is 12.1. The van der Waals surface area contributed by atoms with Crippen LogP contribution in [0.2, 0.25) is 0 Å². The lowest BCUT2D eigenvalue weighted by Gasteiger charge is -2.36. The van der Waals surface area contributed by atoms with Crippen molar-refractivity contribution in [2.24, 2.45) is 11.1 Å². The maximum absolute atomic E-state index is 12.1. The minimum Gasteiger partial charge on any atom is -0.372 e. The number of halogens is 2. The third-order valence-electron chi connectivity index (χ3n) is 4.23. The van der Waals surface area contributed by atoms with Crippen LogP contribution >= 0.6 is 24.8 Å². The second-order valence-corrected chi connectivity index (χ2v) is 7.75. The Kier molecular flexibility index (Phi) is 9.88. The summed E-state index contributed by atoms with van der Waals surface area (Å²) in [7, 11) is 0. The predicted molar refractivity (Wildman–Crippen MR) is 110 cm³/mol. The topological polar surface area (TPSA) is 80.5 Å². The number of nitrogens with zero attached hydrogens (tertiary/aromatic N) is 2. The minimum absolute atomic E-state index is 0. The Balaban J connectivity index is 0.00000312. The van der Waals surface area contributed by atoms with Gasteiger partial charge in [0.25, 0.3) is 0 Å². The van der Waals surface area contributed by atoms with Crippen LogP contribution in [0.25, 0.3) is 0 Å². The average molecular weight is 407 g/mol. The zero-order valence-corrected chi connectivity index (χ0v) is 17.8. The van der Waals surface area contributed by atoms with E-state index in [1.54, 1.807) is 0 Å². The zero-order chi connectivity index (χ0) is 17.9. The summed E-state index contributed by atoms with van der Waals surface area (Å²) in [5.74, 6) is 0.806. The van der Waals surface area contributed by atoms with E-state index < -0.39 is 6.04 Å². The van der Waals surface area contributed by atoms with E-state index in [-0.39, 0.29) is 48.3 Å². The van der Waals surface area contributed by atoms with Crippen LogP contribution in [0.15, 0.2) is 18.3 Å². The van der Waals surface area contributed by atoms with E-state index in [2.05, 4.69) is 29.0 Å². The molecule has 26 heavy (non-hydrogen) atoms. The van der Waals surface area contributed by atoms with Gasteiger partial charge < -0.3 is 20.7 Å². The monoisotopic (exact) mass is 406 g/mol. The van der Waals surface area contributed by atoms with E-state index in [4.69, 9.17) is 10.5 Å². The Labute approximate surface area is 169 Å². The summed E-state index contributed by atoms with van der Waals surface area (Å²) in [5.41, 5.74) is 6.67. The summed E-state index contributed by atoms with van der Waals surface area (Å²) in [6.07, 6.45) is 2.21. The zero-order valence-electron chi connectivity index (χ0n) is 16.2. The highest BCUT2D eigenvalue weighted by molar-refractivity contribution is 5.85. The molecule has 0 bridgehead atoms. The molecule has 3 N–H and O–H groups in total. The van der Waals surface area contributed by atoms with E-state index in [0.29, 0.717) is 6.54 Å². The number of pyridine rings is 1. The van der Waals surface area contributed by atoms with E-state index >= 15 is 0 Å². The van der Waals surface area contributed by atoms with Gasteiger partial charge in [0.2, 0.25) is 5.91 Å². The lowest BCUT2D eigenvalue weighted by atomic mass is 9.87. The van der Waals surface area contributed by atoms with E-state index in [9.17, 15) is 4.79 Å². The molecule has 1 saturated heterocycles. The molecule has 2 unspecified atom stereocenters. The molecule has 0 spiro atoms. The van der Waals surface area contributed by atoms with Crippen molar-refractivity contribution in [3.8, 4) is 0 Å². The molecule has 3 atom stereocenters. The van der Waals surface area contributed by atoms with Crippen molar-refractivity contribution in [1.82, 2.24) is 10.3 Å². The quantitative estimate of drug-likeness (QED) is 0.802. The normalized spacial score (nSPS) is 21.2. The molecule has 6 nitrogen and oxygen atoms in total. The molecule has 1 fully saturated rings. The summed E-state index contributed by atoms with van der Waals surface area (Å²) in [6.45, 7) is 12.1. The maximum Gasteiger partial charge on any atom is 0.237 e. The average Bonchev–Trinajstić information content (AvgIpc) is 2.50. The molecule has 2 heterocycles. The highest BCUT2D eigenvalue weighted by Crippen LogP contribution is 2.19. The fourth-order valence-corrected chi connectivity index (χ4v) is 2.77. The molecular formula is C18H32Cl2N4O2. The Morgan fingerprint density at radius 2 is 1.88 bits per heavy atom. The molecule has 8 heteroatoms. The van der Waals surface area contributed by atoms with E-state index in [0.717, 1.165) is 24.5 Å². The molecule has 0 aromatic carbocycles. The first kappa shape index (κ1) is 24.9. The number of rotatable bonds is 4. The van der Waals surface area contributed by atoms with Crippen LogP contribution in [0.5, 0.6) is 0 Å². The molecule has 0 saturated carbocycles. The summed E-state index contributed by atoms with van der Waals surface area (Å²) in [6, 6.07) is 3.47. The lowest BCUT2D eigenvalue weighted by molar-refractivity contribution is -0.124. The molecule has 1 aromatic rings. The molecule has 1 aliphatic heterocycles. The van der Waals surface area contributed by atoms with Gasteiger partial charge in [-0.3, -0.25) is 4.79 Å². The van der Waals surface area contributed by atoms with E-state index in [1.165, 1.54) is 0 Å². The first-order valence-corrected chi connectivity index (χ1v) is 8.55. The smallest absolute Gasteiger partial charge is 0.237 e. The van der Waals surface area contributed by atoms with Gasteiger partial charge in [0.1, 0.15) is 5.82 Å². The Morgan fingerprint density at radius 1 is 1.31 bits per heavy atom. The van der Waals surface area contributed by atoms with Crippen LogP contribution in [0.3, 0.4) is 0 Å². The van der Waals surface area contributed by atoms with Gasteiger partial charge in [-0.2, -0.15) is 0 Å². The van der Waals surface area contributed by atoms with Gasteiger partial charge in [0.15, 0.2) is 0 Å². The summed E-state index contributed by atoms with van der Waals surface area (Å²) < 4.78 is 5.75. The van der Waals surface area contributed by atoms with Crippen molar-refractivity contribution in [3.63, 3.8) is 0 Å². The Morgan fingerprint density at radius 3 is 2.35 bits per heavy atom. The van der Waals surface area contributed by atoms with Crippen molar-refractivity contribution in [3.05, 3.63) is 23.9 Å². The van der Waals surface area contributed by atoms with Crippen molar-refractivity contribution < 1.29 is 9.53 Å². The van der Waals surface area contributed by atoms with Gasteiger partial charge in [0.05, 0.1) is 18.2 Å². The molecular weight excluding hydrogens is 375 g/mol. The Hall–Kier alpha value is -1.08. The summed E-state index contributed by atoms with van der Waals surface area (Å²) in [5, 5.41) is 2.88. The second-order valence-electron chi connectivity index (χ2n) is 7.75. The summed E-state index contributed by atoms with van der Waals surface area (Å²) >= 11 is 0. The number of anilines is 1. The molecule has 1 aliphatic rings. The van der Waals surface area contributed by atoms with Crippen molar-refractivity contribution in [2.45, 2.75) is 59.4 Å². The summed E-state index contributed by atoms with van der Waals surface area (Å²) in [4.78, 5) is 18.8. The van der Waals surface area contributed by atoms with Crippen LogP contribution < -0.4 is 16.0 Å². The highest BCUT2D eigenvalue weighted by atomic mass is 35.5. The SMILES string of the molecule is CC1CN(c2ccc(CNC(=O)[C@@H](N)C(C)(C)C)cn2)CC(C)O1.Cl.Cl. The molecule has 1 aromatic heterocycles. The van der Waals surface area contributed by atoms with E-state index in [1.807, 2.05) is 39.1 Å². The number of morpholine rings is 1.